The second kappa shape index (κ2) is 5.53. The van der Waals surface area contributed by atoms with Crippen LogP contribution in [0.4, 0.5) is 0 Å². The van der Waals surface area contributed by atoms with Gasteiger partial charge in [0.1, 0.15) is 0 Å². The zero-order valence-corrected chi connectivity index (χ0v) is 13.8. The van der Waals surface area contributed by atoms with Crippen LogP contribution >= 0.6 is 0 Å². The van der Waals surface area contributed by atoms with Crippen LogP contribution in [-0.2, 0) is 16.9 Å². The van der Waals surface area contributed by atoms with Crippen molar-refractivity contribution in [3.05, 3.63) is 36.3 Å². The van der Waals surface area contributed by atoms with Crippen LogP contribution in [0.5, 0.6) is 0 Å². The van der Waals surface area contributed by atoms with Crippen molar-refractivity contribution in [3.63, 3.8) is 0 Å². The number of amides is 1. The Kier molecular flexibility index (Phi) is 3.67. The average Bonchev–Trinajstić information content (AvgIpc) is 3.10. The Hall–Kier alpha value is -2.63. The summed E-state index contributed by atoms with van der Waals surface area (Å²) in [4.78, 5) is 15.8. The fourth-order valence-corrected chi connectivity index (χ4v) is 2.76. The maximum atomic E-state index is 11.3. The molecule has 3 aromatic rings. The van der Waals surface area contributed by atoms with Gasteiger partial charge in [-0.25, -0.2) is 0 Å². The quantitative estimate of drug-likeness (QED) is 0.803. The highest BCUT2D eigenvalue weighted by atomic mass is 16.5. The Labute approximate surface area is 134 Å². The highest BCUT2D eigenvalue weighted by Gasteiger charge is 2.28. The monoisotopic (exact) mass is 312 g/mol. The highest BCUT2D eigenvalue weighted by molar-refractivity contribution is 5.94. The zero-order valence-electron chi connectivity index (χ0n) is 13.8. The fourth-order valence-electron chi connectivity index (χ4n) is 2.76. The normalized spacial score (nSPS) is 11.8. The summed E-state index contributed by atoms with van der Waals surface area (Å²) >= 11 is 0. The summed E-state index contributed by atoms with van der Waals surface area (Å²) < 4.78 is 7.61. The molecule has 2 aromatic heterocycles. The van der Waals surface area contributed by atoms with Crippen LogP contribution in [0.2, 0.25) is 0 Å². The van der Waals surface area contributed by atoms with Gasteiger partial charge in [-0.3, -0.25) is 4.79 Å². The van der Waals surface area contributed by atoms with Crippen molar-refractivity contribution < 1.29 is 9.32 Å². The van der Waals surface area contributed by atoms with E-state index in [1.54, 1.807) is 0 Å². The lowest BCUT2D eigenvalue weighted by Crippen LogP contribution is -2.40. The second-order valence-corrected chi connectivity index (χ2v) is 6.08. The highest BCUT2D eigenvalue weighted by Crippen LogP contribution is 2.30. The minimum atomic E-state index is -0.684. The van der Waals surface area contributed by atoms with Gasteiger partial charge in [-0.2, -0.15) is 4.98 Å². The summed E-state index contributed by atoms with van der Waals surface area (Å²) in [7, 11) is 0. The van der Waals surface area contributed by atoms with E-state index in [2.05, 4.69) is 33.0 Å². The molecule has 0 saturated carbocycles. The minimum Gasteiger partial charge on any atom is -0.347 e. The molecule has 0 radical (unpaired) electrons. The van der Waals surface area contributed by atoms with Crippen molar-refractivity contribution in [2.24, 2.45) is 0 Å². The number of carbonyl (C=O) groups is 1. The Balaban J connectivity index is 2.06. The SMILES string of the molecule is CCn1cc(-c2nc(C(C)(C)NC(C)=O)no2)c2ccccc21. The van der Waals surface area contributed by atoms with E-state index in [4.69, 9.17) is 4.52 Å². The first kappa shape index (κ1) is 15.3. The summed E-state index contributed by atoms with van der Waals surface area (Å²) in [5, 5.41) is 7.94. The Bertz CT molecular complexity index is 860. The first-order valence-corrected chi connectivity index (χ1v) is 7.63. The number of hydrogen-bond acceptors (Lipinski definition) is 4. The lowest BCUT2D eigenvalue weighted by Gasteiger charge is -2.20. The molecule has 1 aromatic carbocycles. The number of aromatic nitrogens is 3. The standard InChI is InChI=1S/C17H20N4O2/c1-5-21-10-13(12-8-6-7-9-14(12)21)15-18-16(20-23-15)17(3,4)19-11(2)22/h6-10H,5H2,1-4H3,(H,19,22). The van der Waals surface area contributed by atoms with Crippen molar-refractivity contribution in [2.75, 3.05) is 0 Å². The minimum absolute atomic E-state index is 0.135. The van der Waals surface area contributed by atoms with Crippen LogP contribution < -0.4 is 5.32 Å². The van der Waals surface area contributed by atoms with Gasteiger partial charge < -0.3 is 14.4 Å². The third kappa shape index (κ3) is 2.72. The smallest absolute Gasteiger partial charge is 0.260 e. The van der Waals surface area contributed by atoms with Crippen LogP contribution in [0.3, 0.4) is 0 Å². The summed E-state index contributed by atoms with van der Waals surface area (Å²) in [6, 6.07) is 8.11. The molecule has 0 fully saturated rings. The summed E-state index contributed by atoms with van der Waals surface area (Å²) in [5.41, 5.74) is 1.35. The lowest BCUT2D eigenvalue weighted by atomic mass is 10.1. The molecular weight excluding hydrogens is 292 g/mol. The fraction of sp³-hybridized carbons (Fsp3) is 0.353. The second-order valence-electron chi connectivity index (χ2n) is 6.08. The van der Waals surface area contributed by atoms with Gasteiger partial charge in [0.25, 0.3) is 5.89 Å². The van der Waals surface area contributed by atoms with Gasteiger partial charge in [0.05, 0.1) is 11.1 Å². The van der Waals surface area contributed by atoms with Crippen molar-refractivity contribution in [1.29, 1.82) is 0 Å². The number of benzene rings is 1. The van der Waals surface area contributed by atoms with Crippen LogP contribution in [-0.4, -0.2) is 20.6 Å². The van der Waals surface area contributed by atoms with Gasteiger partial charge in [0, 0.05) is 30.6 Å². The Morgan fingerprint density at radius 1 is 1.35 bits per heavy atom. The van der Waals surface area contributed by atoms with Crippen molar-refractivity contribution in [2.45, 2.75) is 39.8 Å². The molecule has 0 atom stereocenters. The maximum Gasteiger partial charge on any atom is 0.260 e. The molecule has 0 spiro atoms. The molecule has 6 nitrogen and oxygen atoms in total. The van der Waals surface area contributed by atoms with Crippen LogP contribution in [0.15, 0.2) is 35.0 Å². The molecule has 0 saturated heterocycles. The van der Waals surface area contributed by atoms with E-state index < -0.39 is 5.54 Å². The molecule has 1 N–H and O–H groups in total. The number of aryl methyl sites for hydroxylation is 1. The Morgan fingerprint density at radius 3 is 2.78 bits per heavy atom. The molecule has 3 rings (SSSR count). The van der Waals surface area contributed by atoms with Crippen molar-refractivity contribution >= 4 is 16.8 Å². The third-order valence-corrected chi connectivity index (χ3v) is 3.83. The predicted molar refractivity (Wildman–Crippen MR) is 87.7 cm³/mol. The summed E-state index contributed by atoms with van der Waals surface area (Å²) in [5.74, 6) is 0.779. The van der Waals surface area contributed by atoms with Gasteiger partial charge in [0.2, 0.25) is 5.91 Å². The van der Waals surface area contributed by atoms with E-state index in [0.29, 0.717) is 11.7 Å². The molecule has 120 valence electrons. The number of hydrogen-bond donors (Lipinski definition) is 1. The number of rotatable bonds is 4. The number of fused-ring (bicyclic) bond motifs is 1. The molecule has 0 aliphatic heterocycles. The van der Waals surface area contributed by atoms with E-state index in [1.807, 2.05) is 38.2 Å². The largest absolute Gasteiger partial charge is 0.347 e. The van der Waals surface area contributed by atoms with Crippen molar-refractivity contribution in [1.82, 2.24) is 20.0 Å². The molecule has 6 heteroatoms. The Morgan fingerprint density at radius 2 is 2.09 bits per heavy atom. The van der Waals surface area contributed by atoms with Gasteiger partial charge in [-0.15, -0.1) is 0 Å². The molecule has 2 heterocycles. The molecule has 0 unspecified atom stereocenters. The van der Waals surface area contributed by atoms with Gasteiger partial charge >= 0.3 is 0 Å². The van der Waals surface area contributed by atoms with E-state index >= 15 is 0 Å². The first-order valence-electron chi connectivity index (χ1n) is 7.63. The molecular formula is C17H20N4O2. The average molecular weight is 312 g/mol. The van der Waals surface area contributed by atoms with Crippen LogP contribution in [0, 0.1) is 0 Å². The predicted octanol–water partition coefficient (Wildman–Crippen LogP) is 3.08. The molecule has 0 aliphatic rings. The maximum absolute atomic E-state index is 11.3. The molecule has 23 heavy (non-hydrogen) atoms. The van der Waals surface area contributed by atoms with Crippen molar-refractivity contribution in [3.8, 4) is 11.5 Å². The number of nitrogens with zero attached hydrogens (tertiary/aromatic N) is 3. The zero-order chi connectivity index (χ0) is 16.6. The topological polar surface area (TPSA) is 73.0 Å². The summed E-state index contributed by atoms with van der Waals surface area (Å²) in [6.07, 6.45) is 2.02. The van der Waals surface area contributed by atoms with E-state index in [-0.39, 0.29) is 5.91 Å². The van der Waals surface area contributed by atoms with Gasteiger partial charge in [-0.05, 0) is 26.8 Å². The van der Waals surface area contributed by atoms with Crippen LogP contribution in [0.25, 0.3) is 22.4 Å². The van der Waals surface area contributed by atoms with Crippen LogP contribution in [0.1, 0.15) is 33.5 Å². The lowest BCUT2D eigenvalue weighted by molar-refractivity contribution is -0.120. The number of para-hydroxylation sites is 1. The van der Waals surface area contributed by atoms with Gasteiger partial charge in [0.15, 0.2) is 5.82 Å². The van der Waals surface area contributed by atoms with Gasteiger partial charge in [-0.1, -0.05) is 23.4 Å². The van der Waals surface area contributed by atoms with E-state index in [9.17, 15) is 4.79 Å². The number of nitrogens with one attached hydrogen (secondary N) is 1. The van der Waals surface area contributed by atoms with E-state index in [1.165, 1.54) is 6.92 Å². The number of carbonyl (C=O) groups excluding carboxylic acids is 1. The third-order valence-electron chi connectivity index (χ3n) is 3.83. The summed E-state index contributed by atoms with van der Waals surface area (Å²) in [6.45, 7) is 8.11. The molecule has 1 amide bonds. The molecule has 0 aliphatic carbocycles. The van der Waals surface area contributed by atoms with E-state index in [0.717, 1.165) is 23.0 Å². The first-order chi connectivity index (χ1) is 10.9. The molecule has 0 bridgehead atoms.